The predicted molar refractivity (Wildman–Crippen MR) is 69.3 cm³/mol. The Kier molecular flexibility index (Phi) is 3.77. The molecule has 0 bridgehead atoms. The lowest BCUT2D eigenvalue weighted by Gasteiger charge is -2.10. The molecule has 1 N–H and O–H groups in total. The summed E-state index contributed by atoms with van der Waals surface area (Å²) < 4.78 is 5.27. The zero-order valence-electron chi connectivity index (χ0n) is 10.1. The number of methoxy groups -OCH3 is 1. The fraction of sp³-hybridized carbons (Fsp3) is 0.143. The molecule has 0 spiro atoms. The Morgan fingerprint density at radius 2 is 2.17 bits per heavy atom. The van der Waals surface area contributed by atoms with Crippen LogP contribution in [0.3, 0.4) is 0 Å². The third kappa shape index (κ3) is 2.77. The number of ether oxygens (including phenoxy) is 1. The fourth-order valence-electron chi connectivity index (χ4n) is 1.65. The van der Waals surface area contributed by atoms with Crippen LogP contribution in [0.2, 0.25) is 0 Å². The van der Waals surface area contributed by atoms with Crippen molar-refractivity contribution < 1.29 is 4.74 Å². The van der Waals surface area contributed by atoms with Crippen LogP contribution in [0.1, 0.15) is 11.3 Å². The van der Waals surface area contributed by atoms with Gasteiger partial charge in [-0.2, -0.15) is 5.26 Å². The zero-order chi connectivity index (χ0) is 12.8. The van der Waals surface area contributed by atoms with Gasteiger partial charge in [-0.1, -0.05) is 18.2 Å². The SMILES string of the molecule is COc1ccccc1CNc1ccnc(C#N)c1. The van der Waals surface area contributed by atoms with Crippen molar-refractivity contribution in [2.24, 2.45) is 0 Å². The van der Waals surface area contributed by atoms with E-state index in [4.69, 9.17) is 10.00 Å². The average molecular weight is 239 g/mol. The number of aromatic nitrogens is 1. The molecule has 18 heavy (non-hydrogen) atoms. The fourth-order valence-corrected chi connectivity index (χ4v) is 1.65. The summed E-state index contributed by atoms with van der Waals surface area (Å²) in [6.45, 7) is 0.638. The van der Waals surface area contributed by atoms with Crippen molar-refractivity contribution in [3.05, 3.63) is 53.9 Å². The molecule has 0 atom stereocenters. The van der Waals surface area contributed by atoms with E-state index in [-0.39, 0.29) is 0 Å². The van der Waals surface area contributed by atoms with Crippen LogP contribution in [0, 0.1) is 11.3 Å². The maximum atomic E-state index is 8.77. The van der Waals surface area contributed by atoms with Gasteiger partial charge in [0.25, 0.3) is 0 Å². The second kappa shape index (κ2) is 5.69. The number of benzene rings is 1. The van der Waals surface area contributed by atoms with Gasteiger partial charge < -0.3 is 10.1 Å². The van der Waals surface area contributed by atoms with Crippen molar-refractivity contribution in [2.75, 3.05) is 12.4 Å². The van der Waals surface area contributed by atoms with Crippen LogP contribution in [-0.2, 0) is 6.54 Å². The van der Waals surface area contributed by atoms with E-state index >= 15 is 0 Å². The second-order valence-electron chi connectivity index (χ2n) is 3.71. The van der Waals surface area contributed by atoms with E-state index < -0.39 is 0 Å². The summed E-state index contributed by atoms with van der Waals surface area (Å²) in [6, 6.07) is 13.4. The first-order valence-corrected chi connectivity index (χ1v) is 5.55. The summed E-state index contributed by atoms with van der Waals surface area (Å²) >= 11 is 0. The Morgan fingerprint density at radius 3 is 2.94 bits per heavy atom. The Hall–Kier alpha value is -2.54. The topological polar surface area (TPSA) is 57.9 Å². The number of rotatable bonds is 4. The molecule has 1 aromatic carbocycles. The molecular formula is C14H13N3O. The minimum absolute atomic E-state index is 0.403. The van der Waals surface area contributed by atoms with E-state index in [9.17, 15) is 0 Å². The molecule has 0 aliphatic carbocycles. The van der Waals surface area contributed by atoms with Crippen LogP contribution in [0.15, 0.2) is 42.6 Å². The molecule has 0 aliphatic heterocycles. The van der Waals surface area contributed by atoms with Gasteiger partial charge >= 0.3 is 0 Å². The normalized spacial score (nSPS) is 9.56. The van der Waals surface area contributed by atoms with Crippen molar-refractivity contribution >= 4 is 5.69 Å². The molecule has 0 amide bonds. The highest BCUT2D eigenvalue weighted by Gasteiger charge is 2.01. The lowest BCUT2D eigenvalue weighted by Crippen LogP contribution is -2.02. The highest BCUT2D eigenvalue weighted by Crippen LogP contribution is 2.18. The number of hydrogen-bond donors (Lipinski definition) is 1. The Morgan fingerprint density at radius 1 is 1.33 bits per heavy atom. The van der Waals surface area contributed by atoms with Gasteiger partial charge in [0.05, 0.1) is 7.11 Å². The molecule has 0 saturated heterocycles. The van der Waals surface area contributed by atoms with Crippen molar-refractivity contribution in [2.45, 2.75) is 6.54 Å². The second-order valence-corrected chi connectivity index (χ2v) is 3.71. The van der Waals surface area contributed by atoms with E-state index in [2.05, 4.69) is 10.3 Å². The molecular weight excluding hydrogens is 226 g/mol. The molecule has 0 radical (unpaired) electrons. The minimum atomic E-state index is 0.403. The van der Waals surface area contributed by atoms with Crippen LogP contribution in [-0.4, -0.2) is 12.1 Å². The van der Waals surface area contributed by atoms with Crippen LogP contribution >= 0.6 is 0 Å². The quantitative estimate of drug-likeness (QED) is 0.890. The van der Waals surface area contributed by atoms with E-state index in [1.54, 1.807) is 19.4 Å². The van der Waals surface area contributed by atoms with Gasteiger partial charge in [-0.05, 0) is 18.2 Å². The number of anilines is 1. The molecule has 0 aliphatic rings. The molecule has 0 unspecified atom stereocenters. The lowest BCUT2D eigenvalue weighted by molar-refractivity contribution is 0.410. The van der Waals surface area contributed by atoms with Gasteiger partial charge in [-0.15, -0.1) is 0 Å². The number of nitrogens with one attached hydrogen (secondary N) is 1. The third-order valence-electron chi connectivity index (χ3n) is 2.55. The predicted octanol–water partition coefficient (Wildman–Crippen LogP) is 2.57. The van der Waals surface area contributed by atoms with Crippen molar-refractivity contribution in [1.82, 2.24) is 4.98 Å². The van der Waals surface area contributed by atoms with E-state index in [0.717, 1.165) is 17.0 Å². The van der Waals surface area contributed by atoms with Gasteiger partial charge in [-0.25, -0.2) is 4.98 Å². The monoisotopic (exact) mass is 239 g/mol. The van der Waals surface area contributed by atoms with Gasteiger partial charge in [0.2, 0.25) is 0 Å². The van der Waals surface area contributed by atoms with E-state index in [1.807, 2.05) is 36.4 Å². The van der Waals surface area contributed by atoms with Gasteiger partial charge in [0, 0.05) is 24.0 Å². The van der Waals surface area contributed by atoms with Crippen LogP contribution < -0.4 is 10.1 Å². The Bertz CT molecular complexity index is 575. The average Bonchev–Trinajstić information content (AvgIpc) is 2.45. The number of pyridine rings is 1. The lowest BCUT2D eigenvalue weighted by atomic mass is 10.2. The molecule has 0 fully saturated rings. The van der Waals surface area contributed by atoms with Crippen LogP contribution in [0.25, 0.3) is 0 Å². The Labute approximate surface area is 106 Å². The first-order valence-electron chi connectivity index (χ1n) is 5.55. The van der Waals surface area contributed by atoms with Crippen LogP contribution in [0.5, 0.6) is 5.75 Å². The third-order valence-corrected chi connectivity index (χ3v) is 2.55. The van der Waals surface area contributed by atoms with Crippen molar-refractivity contribution in [3.8, 4) is 11.8 Å². The first-order chi connectivity index (χ1) is 8.83. The summed E-state index contributed by atoms with van der Waals surface area (Å²) in [6.07, 6.45) is 1.61. The molecule has 90 valence electrons. The van der Waals surface area contributed by atoms with E-state index in [1.165, 1.54) is 0 Å². The van der Waals surface area contributed by atoms with Gasteiger partial charge in [0.1, 0.15) is 17.5 Å². The highest BCUT2D eigenvalue weighted by molar-refractivity contribution is 5.47. The highest BCUT2D eigenvalue weighted by atomic mass is 16.5. The van der Waals surface area contributed by atoms with Crippen molar-refractivity contribution in [1.29, 1.82) is 5.26 Å². The Balaban J connectivity index is 2.09. The summed E-state index contributed by atoms with van der Waals surface area (Å²) in [7, 11) is 1.65. The smallest absolute Gasteiger partial charge is 0.142 e. The number of para-hydroxylation sites is 1. The van der Waals surface area contributed by atoms with Gasteiger partial charge in [0.15, 0.2) is 0 Å². The summed E-state index contributed by atoms with van der Waals surface area (Å²) in [5.41, 5.74) is 2.34. The zero-order valence-corrected chi connectivity index (χ0v) is 10.1. The van der Waals surface area contributed by atoms with E-state index in [0.29, 0.717) is 12.2 Å². The van der Waals surface area contributed by atoms with Crippen LogP contribution in [0.4, 0.5) is 5.69 Å². The molecule has 1 heterocycles. The molecule has 0 saturated carbocycles. The molecule has 4 nitrogen and oxygen atoms in total. The summed E-state index contributed by atoms with van der Waals surface area (Å²) in [4.78, 5) is 3.92. The molecule has 1 aromatic heterocycles. The molecule has 2 aromatic rings. The largest absolute Gasteiger partial charge is 0.496 e. The summed E-state index contributed by atoms with van der Waals surface area (Å²) in [5, 5.41) is 12.0. The number of nitrogens with zero attached hydrogens (tertiary/aromatic N) is 2. The number of nitriles is 1. The molecule has 2 rings (SSSR count). The first kappa shape index (κ1) is 11.9. The van der Waals surface area contributed by atoms with Gasteiger partial charge in [-0.3, -0.25) is 0 Å². The standard InChI is InChI=1S/C14H13N3O/c1-18-14-5-3-2-4-11(14)10-17-12-6-7-16-13(8-12)9-15/h2-8H,10H2,1H3,(H,16,17). The molecule has 4 heteroatoms. The minimum Gasteiger partial charge on any atom is -0.496 e. The maximum absolute atomic E-state index is 8.77. The number of hydrogen-bond acceptors (Lipinski definition) is 4. The van der Waals surface area contributed by atoms with Crippen molar-refractivity contribution in [3.63, 3.8) is 0 Å². The summed E-state index contributed by atoms with van der Waals surface area (Å²) in [5.74, 6) is 0.847. The maximum Gasteiger partial charge on any atom is 0.142 e.